The van der Waals surface area contributed by atoms with Gasteiger partial charge < -0.3 is 5.32 Å². The van der Waals surface area contributed by atoms with Gasteiger partial charge in [0, 0.05) is 18.6 Å². The standard InChI is InChI=1S/C7H14N2S/c1-3-10-7-9-6-4-5-8-2/h4-5,9H,2-3,6-7H2,1H3/b5-4-. The van der Waals surface area contributed by atoms with E-state index in [-0.39, 0.29) is 0 Å². The van der Waals surface area contributed by atoms with Crippen LogP contribution < -0.4 is 5.32 Å². The smallest absolute Gasteiger partial charge is 0.0420 e. The molecule has 1 N–H and O–H groups in total. The highest BCUT2D eigenvalue weighted by atomic mass is 32.2. The lowest BCUT2D eigenvalue weighted by molar-refractivity contribution is 0.890. The molecule has 0 saturated heterocycles. The van der Waals surface area contributed by atoms with Crippen LogP contribution in [0, 0.1) is 0 Å². The lowest BCUT2D eigenvalue weighted by Gasteiger charge is -1.96. The quantitative estimate of drug-likeness (QED) is 0.360. The van der Waals surface area contributed by atoms with Gasteiger partial charge in [-0.3, -0.25) is 4.99 Å². The van der Waals surface area contributed by atoms with E-state index in [1.807, 2.05) is 17.8 Å². The van der Waals surface area contributed by atoms with Crippen molar-refractivity contribution in [1.82, 2.24) is 5.32 Å². The number of hydrogen-bond acceptors (Lipinski definition) is 3. The van der Waals surface area contributed by atoms with E-state index < -0.39 is 0 Å². The lowest BCUT2D eigenvalue weighted by Crippen LogP contribution is -2.12. The van der Waals surface area contributed by atoms with Crippen molar-refractivity contribution in [2.75, 3.05) is 18.2 Å². The third-order valence-electron chi connectivity index (χ3n) is 0.881. The Kier molecular flexibility index (Phi) is 8.48. The maximum Gasteiger partial charge on any atom is 0.0420 e. The highest BCUT2D eigenvalue weighted by Crippen LogP contribution is 1.92. The molecule has 0 aliphatic carbocycles. The molecule has 0 radical (unpaired) electrons. The Labute approximate surface area is 66.8 Å². The van der Waals surface area contributed by atoms with Crippen molar-refractivity contribution in [3.63, 3.8) is 0 Å². The van der Waals surface area contributed by atoms with Crippen LogP contribution >= 0.6 is 11.8 Å². The van der Waals surface area contributed by atoms with E-state index >= 15 is 0 Å². The molecule has 0 aromatic carbocycles. The first-order chi connectivity index (χ1) is 4.91. The minimum absolute atomic E-state index is 0.881. The van der Waals surface area contributed by atoms with Crippen LogP contribution in [-0.4, -0.2) is 24.9 Å². The third kappa shape index (κ3) is 7.72. The summed E-state index contributed by atoms with van der Waals surface area (Å²) in [4.78, 5) is 3.58. The molecule has 0 bridgehead atoms. The van der Waals surface area contributed by atoms with E-state index in [4.69, 9.17) is 0 Å². The number of thioether (sulfide) groups is 1. The van der Waals surface area contributed by atoms with Gasteiger partial charge in [0.25, 0.3) is 0 Å². The highest BCUT2D eigenvalue weighted by Gasteiger charge is 1.79. The molecule has 0 aliphatic rings. The van der Waals surface area contributed by atoms with E-state index in [1.54, 1.807) is 6.20 Å². The zero-order valence-electron chi connectivity index (χ0n) is 6.34. The van der Waals surface area contributed by atoms with Gasteiger partial charge in [-0.25, -0.2) is 0 Å². The Bertz CT molecular complexity index is 102. The van der Waals surface area contributed by atoms with Gasteiger partial charge in [-0.15, -0.1) is 11.8 Å². The monoisotopic (exact) mass is 158 g/mol. The Hall–Kier alpha value is -0.280. The molecule has 0 spiro atoms. The number of nitrogens with zero attached hydrogens (tertiary/aromatic N) is 1. The molecule has 0 atom stereocenters. The fourth-order valence-corrected chi connectivity index (χ4v) is 0.910. The summed E-state index contributed by atoms with van der Waals surface area (Å²) in [6, 6.07) is 0. The van der Waals surface area contributed by atoms with Gasteiger partial charge in [0.15, 0.2) is 0 Å². The van der Waals surface area contributed by atoms with Crippen LogP contribution in [0.2, 0.25) is 0 Å². The van der Waals surface area contributed by atoms with Crippen LogP contribution in [0.5, 0.6) is 0 Å². The first-order valence-electron chi connectivity index (χ1n) is 3.31. The molecule has 2 nitrogen and oxygen atoms in total. The molecular formula is C7H14N2S. The van der Waals surface area contributed by atoms with Crippen LogP contribution in [0.1, 0.15) is 6.92 Å². The molecule has 0 unspecified atom stereocenters. The average Bonchev–Trinajstić information content (AvgIpc) is 1.97. The molecule has 0 aliphatic heterocycles. The van der Waals surface area contributed by atoms with E-state index in [2.05, 4.69) is 24.0 Å². The van der Waals surface area contributed by atoms with Gasteiger partial charge in [0.1, 0.15) is 0 Å². The molecule has 0 aromatic rings. The normalized spacial score (nSPS) is 10.5. The predicted octanol–water partition coefficient (Wildman–Crippen LogP) is 1.50. The zero-order valence-corrected chi connectivity index (χ0v) is 7.16. The van der Waals surface area contributed by atoms with Crippen LogP contribution in [0.4, 0.5) is 0 Å². The van der Waals surface area contributed by atoms with E-state index in [0.717, 1.165) is 18.2 Å². The van der Waals surface area contributed by atoms with Gasteiger partial charge in [-0.1, -0.05) is 13.0 Å². The Balaban J connectivity index is 2.90. The van der Waals surface area contributed by atoms with E-state index in [1.165, 1.54) is 0 Å². The second-order valence-corrected chi connectivity index (χ2v) is 2.93. The Morgan fingerprint density at radius 2 is 2.50 bits per heavy atom. The average molecular weight is 158 g/mol. The zero-order chi connectivity index (χ0) is 7.66. The summed E-state index contributed by atoms with van der Waals surface area (Å²) in [5.41, 5.74) is 0. The SMILES string of the molecule is C=N/C=C\CNCSCC. The molecular weight excluding hydrogens is 144 g/mol. The molecule has 3 heteroatoms. The van der Waals surface area contributed by atoms with Gasteiger partial charge in [-0.05, 0) is 12.5 Å². The van der Waals surface area contributed by atoms with Crippen molar-refractivity contribution in [1.29, 1.82) is 0 Å². The van der Waals surface area contributed by atoms with Crippen LogP contribution in [0.3, 0.4) is 0 Å². The van der Waals surface area contributed by atoms with Crippen molar-refractivity contribution < 1.29 is 0 Å². The van der Waals surface area contributed by atoms with Crippen molar-refractivity contribution >= 4 is 18.5 Å². The third-order valence-corrected chi connectivity index (χ3v) is 1.70. The van der Waals surface area contributed by atoms with Crippen molar-refractivity contribution in [2.45, 2.75) is 6.92 Å². The Morgan fingerprint density at radius 3 is 3.10 bits per heavy atom. The fraction of sp³-hybridized carbons (Fsp3) is 0.571. The van der Waals surface area contributed by atoms with Crippen LogP contribution in [-0.2, 0) is 0 Å². The summed E-state index contributed by atoms with van der Waals surface area (Å²) in [6.07, 6.45) is 3.65. The topological polar surface area (TPSA) is 24.4 Å². The minimum atomic E-state index is 0.881. The first-order valence-corrected chi connectivity index (χ1v) is 4.46. The van der Waals surface area contributed by atoms with E-state index in [9.17, 15) is 0 Å². The highest BCUT2D eigenvalue weighted by molar-refractivity contribution is 7.99. The van der Waals surface area contributed by atoms with Gasteiger partial charge in [0.2, 0.25) is 0 Å². The second kappa shape index (κ2) is 8.72. The summed E-state index contributed by atoms with van der Waals surface area (Å²) in [5.74, 6) is 2.18. The maximum atomic E-state index is 3.58. The van der Waals surface area contributed by atoms with Gasteiger partial charge in [-0.2, -0.15) is 0 Å². The number of nitrogens with one attached hydrogen (secondary N) is 1. The van der Waals surface area contributed by atoms with Crippen LogP contribution in [0.15, 0.2) is 17.3 Å². The molecule has 0 heterocycles. The minimum Gasteiger partial charge on any atom is -0.304 e. The largest absolute Gasteiger partial charge is 0.304 e. The molecule has 0 amide bonds. The summed E-state index contributed by atoms with van der Waals surface area (Å²) in [7, 11) is 0. The summed E-state index contributed by atoms with van der Waals surface area (Å²) >= 11 is 1.87. The lowest BCUT2D eigenvalue weighted by atomic mass is 10.6. The maximum absolute atomic E-state index is 3.58. The molecule has 0 aromatic heterocycles. The van der Waals surface area contributed by atoms with Crippen molar-refractivity contribution in [2.24, 2.45) is 4.99 Å². The molecule has 0 fully saturated rings. The van der Waals surface area contributed by atoms with Crippen molar-refractivity contribution in [3.05, 3.63) is 12.3 Å². The molecule has 58 valence electrons. The van der Waals surface area contributed by atoms with E-state index in [0.29, 0.717) is 0 Å². The van der Waals surface area contributed by atoms with Gasteiger partial charge >= 0.3 is 0 Å². The Morgan fingerprint density at radius 1 is 1.70 bits per heavy atom. The summed E-state index contributed by atoms with van der Waals surface area (Å²) < 4.78 is 0. The number of hydrogen-bond donors (Lipinski definition) is 1. The summed E-state index contributed by atoms with van der Waals surface area (Å²) in [6.45, 7) is 6.35. The number of aliphatic imine (C=N–C) groups is 1. The summed E-state index contributed by atoms with van der Waals surface area (Å²) in [5, 5.41) is 3.21. The molecule has 0 rings (SSSR count). The predicted molar refractivity (Wildman–Crippen MR) is 49.7 cm³/mol. The van der Waals surface area contributed by atoms with Gasteiger partial charge in [0.05, 0.1) is 0 Å². The molecule has 0 saturated carbocycles. The first kappa shape index (κ1) is 9.72. The van der Waals surface area contributed by atoms with Crippen molar-refractivity contribution in [3.8, 4) is 0 Å². The second-order valence-electron chi connectivity index (χ2n) is 1.66. The number of rotatable bonds is 6. The molecule has 10 heavy (non-hydrogen) atoms. The fourth-order valence-electron chi connectivity index (χ4n) is 0.444. The van der Waals surface area contributed by atoms with Crippen LogP contribution in [0.25, 0.3) is 0 Å².